The van der Waals surface area contributed by atoms with Crippen LogP contribution in [0.15, 0.2) is 18.2 Å². The first kappa shape index (κ1) is 14.3. The number of nitro benzene ring substituents is 1. The number of nitrogen functional groups attached to an aromatic ring is 1. The van der Waals surface area contributed by atoms with E-state index in [1.807, 2.05) is 0 Å². The molecule has 1 amide bonds. The molecule has 0 bridgehead atoms. The number of hydrazine groups is 1. The maximum atomic E-state index is 12.5. The van der Waals surface area contributed by atoms with E-state index < -0.39 is 4.92 Å². The molecule has 2 rings (SSSR count). The van der Waals surface area contributed by atoms with Gasteiger partial charge in [0.05, 0.1) is 4.92 Å². The molecule has 0 saturated carbocycles. The zero-order chi connectivity index (χ0) is 14.7. The van der Waals surface area contributed by atoms with Gasteiger partial charge in [0.25, 0.3) is 11.6 Å². The summed E-state index contributed by atoms with van der Waals surface area (Å²) in [6, 6.07) is 4.21. The van der Waals surface area contributed by atoms with Crippen molar-refractivity contribution < 1.29 is 9.72 Å². The number of carbonyl (C=O) groups excluding carboxylic acids is 1. The summed E-state index contributed by atoms with van der Waals surface area (Å²) in [7, 11) is 0. The largest absolute Gasteiger partial charge is 0.338 e. The molecule has 0 aromatic heterocycles. The molecule has 0 aliphatic carbocycles. The van der Waals surface area contributed by atoms with E-state index in [4.69, 9.17) is 5.84 Å². The third-order valence-corrected chi connectivity index (χ3v) is 3.74. The highest BCUT2D eigenvalue weighted by atomic mass is 16.6. The first-order valence-corrected chi connectivity index (χ1v) is 6.61. The lowest BCUT2D eigenvalue weighted by molar-refractivity contribution is -0.385. The van der Waals surface area contributed by atoms with E-state index in [2.05, 4.69) is 12.3 Å². The Labute approximate surface area is 116 Å². The molecule has 1 heterocycles. The van der Waals surface area contributed by atoms with Crippen molar-refractivity contribution in [2.45, 2.75) is 19.8 Å². The molecule has 108 valence electrons. The minimum Gasteiger partial charge on any atom is -0.338 e. The second-order valence-electron chi connectivity index (χ2n) is 4.95. The quantitative estimate of drug-likeness (QED) is 0.496. The smallest absolute Gasteiger partial charge is 0.282 e. The zero-order valence-electron chi connectivity index (χ0n) is 11.3. The highest BCUT2D eigenvalue weighted by molar-refractivity contribution is 5.99. The molecule has 0 spiro atoms. The molecule has 1 fully saturated rings. The fourth-order valence-electron chi connectivity index (χ4n) is 2.48. The van der Waals surface area contributed by atoms with Gasteiger partial charge in [0.15, 0.2) is 0 Å². The molecule has 1 saturated heterocycles. The van der Waals surface area contributed by atoms with Crippen LogP contribution in [0.2, 0.25) is 0 Å². The number of carbonyl (C=O) groups is 1. The van der Waals surface area contributed by atoms with Crippen molar-refractivity contribution in [2.24, 2.45) is 11.8 Å². The molecular weight excluding hydrogens is 260 g/mol. The van der Waals surface area contributed by atoms with Gasteiger partial charge in [-0.05, 0) is 24.5 Å². The molecule has 7 heteroatoms. The molecule has 1 unspecified atom stereocenters. The van der Waals surface area contributed by atoms with Crippen LogP contribution < -0.4 is 11.3 Å². The number of benzene rings is 1. The molecule has 1 aromatic carbocycles. The summed E-state index contributed by atoms with van der Waals surface area (Å²) in [6.45, 7) is 3.39. The number of nitro groups is 1. The van der Waals surface area contributed by atoms with Gasteiger partial charge in [-0.15, -0.1) is 0 Å². The Morgan fingerprint density at radius 1 is 1.60 bits per heavy atom. The summed E-state index contributed by atoms with van der Waals surface area (Å²) in [5.41, 5.74) is 2.78. The SMILES string of the molecule is CCC1CCN(C(=O)c2cc(NN)ccc2[N+](=O)[O-])C1. The number of nitrogens with one attached hydrogen (secondary N) is 1. The summed E-state index contributed by atoms with van der Waals surface area (Å²) in [6.07, 6.45) is 1.96. The van der Waals surface area contributed by atoms with Crippen molar-refractivity contribution in [1.82, 2.24) is 4.90 Å². The zero-order valence-corrected chi connectivity index (χ0v) is 11.3. The standard InChI is InChI=1S/C13H18N4O3/c1-2-9-5-6-16(8-9)13(18)11-7-10(15-14)3-4-12(11)17(19)20/h3-4,7,9,15H,2,5-6,8,14H2,1H3. The maximum Gasteiger partial charge on any atom is 0.282 e. The van der Waals surface area contributed by atoms with Gasteiger partial charge in [-0.2, -0.15) is 0 Å². The van der Waals surface area contributed by atoms with E-state index in [0.29, 0.717) is 24.7 Å². The van der Waals surface area contributed by atoms with Gasteiger partial charge in [0.1, 0.15) is 5.56 Å². The number of anilines is 1. The normalized spacial score (nSPS) is 18.1. The Morgan fingerprint density at radius 3 is 2.90 bits per heavy atom. The molecule has 1 aliphatic heterocycles. The molecule has 1 aromatic rings. The average molecular weight is 278 g/mol. The van der Waals surface area contributed by atoms with Gasteiger partial charge in [-0.3, -0.25) is 20.8 Å². The van der Waals surface area contributed by atoms with Gasteiger partial charge in [0, 0.05) is 24.8 Å². The summed E-state index contributed by atoms with van der Waals surface area (Å²) in [4.78, 5) is 24.6. The van der Waals surface area contributed by atoms with Crippen LogP contribution in [-0.2, 0) is 0 Å². The molecular formula is C13H18N4O3. The van der Waals surface area contributed by atoms with Crippen molar-refractivity contribution in [3.63, 3.8) is 0 Å². The molecule has 0 radical (unpaired) electrons. The minimum atomic E-state index is -0.541. The Bertz CT molecular complexity index is 532. The Balaban J connectivity index is 2.30. The summed E-state index contributed by atoms with van der Waals surface area (Å²) >= 11 is 0. The van der Waals surface area contributed by atoms with Crippen LogP contribution in [0, 0.1) is 16.0 Å². The maximum absolute atomic E-state index is 12.5. The predicted octanol–water partition coefficient (Wildman–Crippen LogP) is 1.75. The predicted molar refractivity (Wildman–Crippen MR) is 75.2 cm³/mol. The first-order valence-electron chi connectivity index (χ1n) is 6.61. The molecule has 1 aliphatic rings. The summed E-state index contributed by atoms with van der Waals surface area (Å²) in [5.74, 6) is 5.48. The van der Waals surface area contributed by atoms with Gasteiger partial charge >= 0.3 is 0 Å². The summed E-state index contributed by atoms with van der Waals surface area (Å²) in [5, 5.41) is 11.0. The number of hydrogen-bond donors (Lipinski definition) is 2. The second-order valence-corrected chi connectivity index (χ2v) is 4.95. The van der Waals surface area contributed by atoms with E-state index in [-0.39, 0.29) is 17.2 Å². The third kappa shape index (κ3) is 2.72. The van der Waals surface area contributed by atoms with Crippen molar-refractivity contribution in [3.8, 4) is 0 Å². The van der Waals surface area contributed by atoms with Crippen molar-refractivity contribution in [2.75, 3.05) is 18.5 Å². The second kappa shape index (κ2) is 5.87. The lowest BCUT2D eigenvalue weighted by Gasteiger charge is -2.16. The number of nitrogens with two attached hydrogens (primary N) is 1. The number of likely N-dealkylation sites (tertiary alicyclic amines) is 1. The van der Waals surface area contributed by atoms with Gasteiger partial charge in [-0.25, -0.2) is 0 Å². The van der Waals surface area contributed by atoms with Crippen molar-refractivity contribution in [1.29, 1.82) is 0 Å². The number of rotatable bonds is 4. The minimum absolute atomic E-state index is 0.0854. The van der Waals surface area contributed by atoms with Crippen LogP contribution in [0.5, 0.6) is 0 Å². The highest BCUT2D eigenvalue weighted by Crippen LogP contribution is 2.27. The summed E-state index contributed by atoms with van der Waals surface area (Å²) < 4.78 is 0. The van der Waals surface area contributed by atoms with Gasteiger partial charge < -0.3 is 10.3 Å². The van der Waals surface area contributed by atoms with Gasteiger partial charge in [0.2, 0.25) is 0 Å². The van der Waals surface area contributed by atoms with Crippen LogP contribution in [0.3, 0.4) is 0 Å². The third-order valence-electron chi connectivity index (χ3n) is 3.74. The van der Waals surface area contributed by atoms with Crippen LogP contribution in [-0.4, -0.2) is 28.8 Å². The van der Waals surface area contributed by atoms with E-state index in [9.17, 15) is 14.9 Å². The fourth-order valence-corrected chi connectivity index (χ4v) is 2.48. The first-order chi connectivity index (χ1) is 9.56. The molecule has 1 atom stereocenters. The van der Waals surface area contributed by atoms with Crippen LogP contribution in [0.1, 0.15) is 30.1 Å². The van der Waals surface area contributed by atoms with Crippen molar-refractivity contribution >= 4 is 17.3 Å². The number of nitrogens with zero attached hydrogens (tertiary/aromatic N) is 2. The van der Waals surface area contributed by atoms with E-state index in [1.165, 1.54) is 18.2 Å². The molecule has 20 heavy (non-hydrogen) atoms. The number of amides is 1. The number of hydrogen-bond acceptors (Lipinski definition) is 5. The van der Waals surface area contributed by atoms with Gasteiger partial charge in [-0.1, -0.05) is 13.3 Å². The van der Waals surface area contributed by atoms with Crippen molar-refractivity contribution in [3.05, 3.63) is 33.9 Å². The fraction of sp³-hybridized carbons (Fsp3) is 0.462. The monoisotopic (exact) mass is 278 g/mol. The van der Waals surface area contributed by atoms with E-state index >= 15 is 0 Å². The average Bonchev–Trinajstić information content (AvgIpc) is 2.94. The lowest BCUT2D eigenvalue weighted by Crippen LogP contribution is -2.29. The lowest BCUT2D eigenvalue weighted by atomic mass is 10.1. The van der Waals surface area contributed by atoms with E-state index in [1.54, 1.807) is 4.90 Å². The Hall–Kier alpha value is -2.15. The Morgan fingerprint density at radius 2 is 2.35 bits per heavy atom. The van der Waals surface area contributed by atoms with Crippen LogP contribution >= 0.6 is 0 Å². The highest BCUT2D eigenvalue weighted by Gasteiger charge is 2.30. The van der Waals surface area contributed by atoms with Crippen LogP contribution in [0.4, 0.5) is 11.4 Å². The van der Waals surface area contributed by atoms with Crippen LogP contribution in [0.25, 0.3) is 0 Å². The molecule has 3 N–H and O–H groups in total. The molecule has 7 nitrogen and oxygen atoms in total. The topological polar surface area (TPSA) is 102 Å². The Kier molecular flexibility index (Phi) is 4.19. The van der Waals surface area contributed by atoms with E-state index in [0.717, 1.165) is 12.8 Å².